The molecular weight excluding hydrogens is 278 g/mol. The Balaban J connectivity index is 1.60. The van der Waals surface area contributed by atoms with Crippen molar-refractivity contribution in [2.24, 2.45) is 0 Å². The lowest BCUT2D eigenvalue weighted by Gasteiger charge is -2.39. The third-order valence-electron chi connectivity index (χ3n) is 5.05. The summed E-state index contributed by atoms with van der Waals surface area (Å²) in [5, 5.41) is 0. The van der Waals surface area contributed by atoms with E-state index in [0.717, 1.165) is 32.2 Å². The number of hydrogen-bond donors (Lipinski definition) is 0. The van der Waals surface area contributed by atoms with Gasteiger partial charge in [-0.15, -0.1) is 6.58 Å². The molecular formula is C18H27NO3. The van der Waals surface area contributed by atoms with Crippen LogP contribution in [0.2, 0.25) is 0 Å². The van der Waals surface area contributed by atoms with Crippen molar-refractivity contribution in [2.75, 3.05) is 19.8 Å². The Morgan fingerprint density at radius 3 is 3.14 bits per heavy atom. The van der Waals surface area contributed by atoms with E-state index in [1.807, 2.05) is 0 Å². The summed E-state index contributed by atoms with van der Waals surface area (Å²) in [5.74, 6) is 0.274. The van der Waals surface area contributed by atoms with Crippen molar-refractivity contribution in [2.45, 2.75) is 63.2 Å². The minimum atomic E-state index is 0.0398. The molecule has 0 aromatic carbocycles. The van der Waals surface area contributed by atoms with Gasteiger partial charge in [0.15, 0.2) is 0 Å². The van der Waals surface area contributed by atoms with Crippen molar-refractivity contribution in [1.82, 2.24) is 4.90 Å². The van der Waals surface area contributed by atoms with E-state index in [-0.39, 0.29) is 24.2 Å². The van der Waals surface area contributed by atoms with Crippen LogP contribution in [0.4, 0.5) is 0 Å². The summed E-state index contributed by atoms with van der Waals surface area (Å²) in [6, 6.07) is 0.195. The minimum Gasteiger partial charge on any atom is -0.372 e. The molecule has 0 unspecified atom stereocenters. The number of carbonyl (C=O) groups is 1. The maximum absolute atomic E-state index is 12.7. The number of carbonyl (C=O) groups excluding carboxylic acids is 1. The maximum atomic E-state index is 12.7. The fraction of sp³-hybridized carbons (Fsp3) is 0.722. The molecule has 122 valence electrons. The summed E-state index contributed by atoms with van der Waals surface area (Å²) in [6.45, 7) is 5.60. The number of allylic oxidation sites excluding steroid dienone is 1. The fourth-order valence-electron chi connectivity index (χ4n) is 3.96. The molecule has 2 aliphatic carbocycles. The van der Waals surface area contributed by atoms with E-state index in [1.54, 1.807) is 6.08 Å². The molecule has 0 radical (unpaired) electrons. The summed E-state index contributed by atoms with van der Waals surface area (Å²) in [7, 11) is 0. The smallest absolute Gasteiger partial charge is 0.227 e. The number of amides is 1. The molecule has 0 bridgehead atoms. The van der Waals surface area contributed by atoms with Crippen molar-refractivity contribution in [3.05, 3.63) is 24.3 Å². The van der Waals surface area contributed by atoms with Crippen LogP contribution in [0.15, 0.2) is 24.3 Å². The second-order valence-corrected chi connectivity index (χ2v) is 6.51. The SMILES string of the molecule is C=CCO[C@@H]1CC[C@@H]2[C@H]1OCCN2C(=O)CC1=CCCCC1. The molecule has 1 amide bonds. The van der Waals surface area contributed by atoms with Crippen LogP contribution in [0.25, 0.3) is 0 Å². The van der Waals surface area contributed by atoms with Crippen LogP contribution in [0.5, 0.6) is 0 Å². The van der Waals surface area contributed by atoms with Gasteiger partial charge in [0.1, 0.15) is 6.10 Å². The summed E-state index contributed by atoms with van der Waals surface area (Å²) < 4.78 is 11.7. The predicted molar refractivity (Wildman–Crippen MR) is 85.6 cm³/mol. The van der Waals surface area contributed by atoms with E-state index in [2.05, 4.69) is 17.6 Å². The molecule has 0 N–H and O–H groups in total. The van der Waals surface area contributed by atoms with E-state index in [4.69, 9.17) is 9.47 Å². The molecule has 3 rings (SSSR count). The molecule has 0 spiro atoms. The lowest BCUT2D eigenvalue weighted by Crippen LogP contribution is -2.54. The van der Waals surface area contributed by atoms with Crippen LogP contribution in [0.3, 0.4) is 0 Å². The molecule has 4 heteroatoms. The van der Waals surface area contributed by atoms with Gasteiger partial charge in [0.2, 0.25) is 5.91 Å². The van der Waals surface area contributed by atoms with Gasteiger partial charge < -0.3 is 14.4 Å². The van der Waals surface area contributed by atoms with Crippen molar-refractivity contribution in [1.29, 1.82) is 0 Å². The molecule has 22 heavy (non-hydrogen) atoms. The highest BCUT2D eigenvalue weighted by Gasteiger charge is 2.44. The predicted octanol–water partition coefficient (Wildman–Crippen LogP) is 2.84. The Morgan fingerprint density at radius 2 is 2.36 bits per heavy atom. The molecule has 1 heterocycles. The standard InChI is InChI=1S/C18H27NO3/c1-2-11-21-16-9-8-15-18(16)22-12-10-19(15)17(20)13-14-6-4-3-5-7-14/h2,6,15-16,18H,1,3-5,7-13H2/t15-,16-,18-/m1/s1. The number of hydrogen-bond acceptors (Lipinski definition) is 3. The lowest BCUT2D eigenvalue weighted by molar-refractivity contribution is -0.150. The first-order valence-corrected chi connectivity index (χ1v) is 8.61. The van der Waals surface area contributed by atoms with Gasteiger partial charge in [-0.2, -0.15) is 0 Å². The molecule has 0 aromatic rings. The minimum absolute atomic E-state index is 0.0398. The molecule has 1 saturated heterocycles. The lowest BCUT2D eigenvalue weighted by atomic mass is 9.96. The van der Waals surface area contributed by atoms with Gasteiger partial charge in [-0.1, -0.05) is 17.7 Å². The zero-order chi connectivity index (χ0) is 15.4. The van der Waals surface area contributed by atoms with Gasteiger partial charge in [0, 0.05) is 13.0 Å². The number of ether oxygens (including phenoxy) is 2. The second-order valence-electron chi connectivity index (χ2n) is 6.51. The van der Waals surface area contributed by atoms with Gasteiger partial charge in [0.05, 0.1) is 25.4 Å². The van der Waals surface area contributed by atoms with E-state index in [0.29, 0.717) is 19.6 Å². The quantitative estimate of drug-likeness (QED) is 0.733. The first kappa shape index (κ1) is 15.8. The highest BCUT2D eigenvalue weighted by atomic mass is 16.5. The third-order valence-corrected chi connectivity index (χ3v) is 5.05. The number of nitrogens with zero attached hydrogens (tertiary/aromatic N) is 1. The summed E-state index contributed by atoms with van der Waals surface area (Å²) in [6.07, 6.45) is 11.5. The zero-order valence-corrected chi connectivity index (χ0v) is 13.3. The third kappa shape index (κ3) is 3.44. The van der Waals surface area contributed by atoms with Crippen LogP contribution < -0.4 is 0 Å². The Hall–Kier alpha value is -1.13. The molecule has 1 aliphatic heterocycles. The van der Waals surface area contributed by atoms with Crippen LogP contribution >= 0.6 is 0 Å². The van der Waals surface area contributed by atoms with Crippen molar-refractivity contribution >= 4 is 5.91 Å². The molecule has 1 saturated carbocycles. The fourth-order valence-corrected chi connectivity index (χ4v) is 3.96. The van der Waals surface area contributed by atoms with Gasteiger partial charge in [-0.05, 0) is 38.5 Å². The number of fused-ring (bicyclic) bond motifs is 1. The van der Waals surface area contributed by atoms with Gasteiger partial charge in [-0.3, -0.25) is 4.79 Å². The van der Waals surface area contributed by atoms with Gasteiger partial charge >= 0.3 is 0 Å². The zero-order valence-electron chi connectivity index (χ0n) is 13.3. The van der Waals surface area contributed by atoms with E-state index in [9.17, 15) is 4.79 Å². The molecule has 3 aliphatic rings. The van der Waals surface area contributed by atoms with Crippen LogP contribution in [-0.4, -0.2) is 48.8 Å². The summed E-state index contributed by atoms with van der Waals surface area (Å²) in [4.78, 5) is 14.8. The van der Waals surface area contributed by atoms with Crippen LogP contribution in [0, 0.1) is 0 Å². The topological polar surface area (TPSA) is 38.8 Å². The Bertz CT molecular complexity index is 446. The maximum Gasteiger partial charge on any atom is 0.227 e. The Morgan fingerprint density at radius 1 is 1.45 bits per heavy atom. The summed E-state index contributed by atoms with van der Waals surface area (Å²) >= 11 is 0. The average Bonchev–Trinajstić information content (AvgIpc) is 2.97. The van der Waals surface area contributed by atoms with Crippen molar-refractivity contribution in [3.8, 4) is 0 Å². The van der Waals surface area contributed by atoms with Gasteiger partial charge in [0.25, 0.3) is 0 Å². The van der Waals surface area contributed by atoms with E-state index >= 15 is 0 Å². The van der Waals surface area contributed by atoms with Crippen molar-refractivity contribution < 1.29 is 14.3 Å². The van der Waals surface area contributed by atoms with Gasteiger partial charge in [-0.25, -0.2) is 0 Å². The normalized spacial score (nSPS) is 31.5. The highest BCUT2D eigenvalue weighted by molar-refractivity contribution is 5.79. The molecule has 2 fully saturated rings. The second kappa shape index (κ2) is 7.42. The largest absolute Gasteiger partial charge is 0.372 e. The van der Waals surface area contributed by atoms with E-state index in [1.165, 1.54) is 18.4 Å². The van der Waals surface area contributed by atoms with Crippen LogP contribution in [0.1, 0.15) is 44.9 Å². The average molecular weight is 305 g/mol. The van der Waals surface area contributed by atoms with Crippen LogP contribution in [-0.2, 0) is 14.3 Å². The monoisotopic (exact) mass is 305 g/mol. The molecule has 4 nitrogen and oxygen atoms in total. The first-order valence-electron chi connectivity index (χ1n) is 8.61. The number of rotatable bonds is 5. The Kier molecular flexibility index (Phi) is 5.32. The summed E-state index contributed by atoms with van der Waals surface area (Å²) in [5.41, 5.74) is 1.33. The molecule has 0 aromatic heterocycles. The number of morpholine rings is 1. The van der Waals surface area contributed by atoms with E-state index < -0.39 is 0 Å². The highest BCUT2D eigenvalue weighted by Crippen LogP contribution is 2.33. The van der Waals surface area contributed by atoms with Crippen molar-refractivity contribution in [3.63, 3.8) is 0 Å². The first-order chi connectivity index (χ1) is 10.8. The molecule has 3 atom stereocenters. The Labute approximate surface area is 133 Å².